The minimum atomic E-state index is 0. The lowest BCUT2D eigenvalue weighted by Gasteiger charge is -2.33. The average Bonchev–Trinajstić information content (AvgIpc) is 2.97. The summed E-state index contributed by atoms with van der Waals surface area (Å²) in [6, 6.07) is 5.91. The van der Waals surface area contributed by atoms with Crippen LogP contribution in [0.5, 0.6) is 0 Å². The zero-order chi connectivity index (χ0) is 16.6. The van der Waals surface area contributed by atoms with Gasteiger partial charge < -0.3 is 15.5 Å². The Labute approximate surface area is 149 Å². The first-order chi connectivity index (χ1) is 11.0. The summed E-state index contributed by atoms with van der Waals surface area (Å²) in [6.45, 7) is 5.89. The SMILES string of the molecule is CC(=O)N1CCc2cc(C(=O)N3CCC(C(C)N)CC3)ccc21.Cl. The van der Waals surface area contributed by atoms with Crippen LogP contribution in [-0.4, -0.2) is 42.4 Å². The predicted octanol–water partition coefficient (Wildman–Crippen LogP) is 2.22. The molecule has 5 nitrogen and oxygen atoms in total. The molecule has 0 aromatic heterocycles. The van der Waals surface area contributed by atoms with E-state index >= 15 is 0 Å². The summed E-state index contributed by atoms with van der Waals surface area (Å²) in [5, 5.41) is 0. The van der Waals surface area contributed by atoms with E-state index in [2.05, 4.69) is 0 Å². The summed E-state index contributed by atoms with van der Waals surface area (Å²) < 4.78 is 0. The van der Waals surface area contributed by atoms with Crippen LogP contribution in [0, 0.1) is 5.92 Å². The summed E-state index contributed by atoms with van der Waals surface area (Å²) >= 11 is 0. The number of hydrogen-bond acceptors (Lipinski definition) is 3. The maximum Gasteiger partial charge on any atom is 0.253 e. The molecule has 2 heterocycles. The highest BCUT2D eigenvalue weighted by molar-refractivity contribution is 5.97. The minimum Gasteiger partial charge on any atom is -0.339 e. The fourth-order valence-electron chi connectivity index (χ4n) is 3.67. The van der Waals surface area contributed by atoms with Gasteiger partial charge in [0.1, 0.15) is 0 Å². The molecule has 2 aliphatic heterocycles. The summed E-state index contributed by atoms with van der Waals surface area (Å²) in [6.07, 6.45) is 2.78. The fraction of sp³-hybridized carbons (Fsp3) is 0.556. The molecule has 1 aromatic rings. The Kier molecular flexibility index (Phi) is 5.88. The lowest BCUT2D eigenvalue weighted by molar-refractivity contribution is -0.116. The fourth-order valence-corrected chi connectivity index (χ4v) is 3.67. The van der Waals surface area contributed by atoms with Gasteiger partial charge in [-0.05, 0) is 55.9 Å². The third-order valence-electron chi connectivity index (χ3n) is 5.17. The van der Waals surface area contributed by atoms with Crippen molar-refractivity contribution in [2.45, 2.75) is 39.2 Å². The van der Waals surface area contributed by atoms with E-state index in [4.69, 9.17) is 5.73 Å². The molecule has 0 bridgehead atoms. The van der Waals surface area contributed by atoms with E-state index in [1.54, 1.807) is 11.8 Å². The van der Waals surface area contributed by atoms with E-state index in [1.165, 1.54) is 0 Å². The average molecular weight is 352 g/mol. The van der Waals surface area contributed by atoms with Crippen molar-refractivity contribution in [1.29, 1.82) is 0 Å². The number of nitrogens with two attached hydrogens (primary N) is 1. The van der Waals surface area contributed by atoms with Crippen molar-refractivity contribution < 1.29 is 9.59 Å². The lowest BCUT2D eigenvalue weighted by atomic mass is 9.90. The topological polar surface area (TPSA) is 66.6 Å². The molecule has 6 heteroatoms. The largest absolute Gasteiger partial charge is 0.339 e. The van der Waals surface area contributed by atoms with E-state index in [9.17, 15) is 9.59 Å². The number of nitrogens with zero attached hydrogens (tertiary/aromatic N) is 2. The highest BCUT2D eigenvalue weighted by atomic mass is 35.5. The number of halogens is 1. The molecule has 0 saturated carbocycles. The molecule has 0 spiro atoms. The molecule has 2 aliphatic rings. The molecule has 2 amide bonds. The Hall–Kier alpha value is -1.59. The van der Waals surface area contributed by atoms with Crippen LogP contribution in [0.15, 0.2) is 18.2 Å². The van der Waals surface area contributed by atoms with Gasteiger partial charge in [0.25, 0.3) is 5.91 Å². The molecular weight excluding hydrogens is 326 g/mol. The molecule has 1 unspecified atom stereocenters. The van der Waals surface area contributed by atoms with Crippen molar-refractivity contribution in [2.24, 2.45) is 11.7 Å². The van der Waals surface area contributed by atoms with Crippen LogP contribution in [0.1, 0.15) is 42.6 Å². The van der Waals surface area contributed by atoms with Crippen molar-refractivity contribution >= 4 is 29.9 Å². The normalized spacial score (nSPS) is 18.8. The number of rotatable bonds is 2. The molecule has 1 fully saturated rings. The molecule has 1 aromatic carbocycles. The van der Waals surface area contributed by atoms with Gasteiger partial charge in [-0.1, -0.05) is 0 Å². The summed E-state index contributed by atoms with van der Waals surface area (Å²) in [5.41, 5.74) is 8.74. The first kappa shape index (κ1) is 18.7. The maximum absolute atomic E-state index is 12.7. The van der Waals surface area contributed by atoms with Crippen LogP contribution >= 0.6 is 12.4 Å². The molecule has 0 radical (unpaired) electrons. The van der Waals surface area contributed by atoms with Gasteiger partial charge >= 0.3 is 0 Å². The Morgan fingerprint density at radius 3 is 2.46 bits per heavy atom. The molecule has 1 atom stereocenters. The lowest BCUT2D eigenvalue weighted by Crippen LogP contribution is -2.42. The molecule has 132 valence electrons. The van der Waals surface area contributed by atoms with E-state index in [1.807, 2.05) is 30.0 Å². The standard InChI is InChI=1S/C18H25N3O2.ClH/c1-12(19)14-5-8-20(9-6-14)18(23)16-3-4-17-15(11-16)7-10-21(17)13(2)22;/h3-4,11-12,14H,5-10,19H2,1-2H3;1H. The van der Waals surface area contributed by atoms with Gasteiger partial charge in [0.2, 0.25) is 5.91 Å². The Bertz CT molecular complexity index is 625. The highest BCUT2D eigenvalue weighted by Gasteiger charge is 2.27. The number of amides is 2. The summed E-state index contributed by atoms with van der Waals surface area (Å²) in [7, 11) is 0. The van der Waals surface area contributed by atoms with Crippen LogP contribution in [0.25, 0.3) is 0 Å². The minimum absolute atomic E-state index is 0. The second kappa shape index (κ2) is 7.53. The first-order valence-corrected chi connectivity index (χ1v) is 8.43. The van der Waals surface area contributed by atoms with Crippen LogP contribution < -0.4 is 10.6 Å². The summed E-state index contributed by atoms with van der Waals surface area (Å²) in [4.78, 5) is 28.0. The van der Waals surface area contributed by atoms with Gasteiger partial charge in [-0.3, -0.25) is 9.59 Å². The second-order valence-corrected chi connectivity index (χ2v) is 6.75. The highest BCUT2D eigenvalue weighted by Crippen LogP contribution is 2.30. The number of anilines is 1. The zero-order valence-corrected chi connectivity index (χ0v) is 15.1. The van der Waals surface area contributed by atoms with Crippen LogP contribution in [0.2, 0.25) is 0 Å². The van der Waals surface area contributed by atoms with Crippen molar-refractivity contribution in [3.63, 3.8) is 0 Å². The monoisotopic (exact) mass is 351 g/mol. The van der Waals surface area contributed by atoms with Crippen molar-refractivity contribution in [1.82, 2.24) is 4.90 Å². The smallest absolute Gasteiger partial charge is 0.253 e. The second-order valence-electron chi connectivity index (χ2n) is 6.75. The van der Waals surface area contributed by atoms with Gasteiger partial charge in [-0.2, -0.15) is 0 Å². The summed E-state index contributed by atoms with van der Waals surface area (Å²) in [5.74, 6) is 0.668. The zero-order valence-electron chi connectivity index (χ0n) is 14.3. The molecular formula is C18H26ClN3O2. The quantitative estimate of drug-likeness (QED) is 0.888. The molecule has 2 N–H and O–H groups in total. The Balaban J connectivity index is 0.00000208. The van der Waals surface area contributed by atoms with Crippen molar-refractivity contribution in [3.8, 4) is 0 Å². The molecule has 24 heavy (non-hydrogen) atoms. The molecule has 0 aliphatic carbocycles. The van der Waals surface area contributed by atoms with Crippen LogP contribution in [0.3, 0.4) is 0 Å². The number of carbonyl (C=O) groups is 2. The van der Waals surface area contributed by atoms with Crippen molar-refractivity contribution in [3.05, 3.63) is 29.3 Å². The first-order valence-electron chi connectivity index (χ1n) is 8.43. The third kappa shape index (κ3) is 3.57. The molecule has 3 rings (SSSR count). The maximum atomic E-state index is 12.7. The number of benzene rings is 1. The van der Waals surface area contributed by atoms with Gasteiger partial charge in [-0.15, -0.1) is 12.4 Å². The number of carbonyl (C=O) groups excluding carboxylic acids is 2. The van der Waals surface area contributed by atoms with Gasteiger partial charge in [0, 0.05) is 43.9 Å². The van der Waals surface area contributed by atoms with Crippen LogP contribution in [0.4, 0.5) is 5.69 Å². The number of fused-ring (bicyclic) bond motifs is 1. The van der Waals surface area contributed by atoms with E-state index in [0.29, 0.717) is 12.5 Å². The van der Waals surface area contributed by atoms with E-state index < -0.39 is 0 Å². The Morgan fingerprint density at radius 1 is 1.21 bits per heavy atom. The third-order valence-corrected chi connectivity index (χ3v) is 5.17. The Morgan fingerprint density at radius 2 is 1.88 bits per heavy atom. The molecule has 1 saturated heterocycles. The van der Waals surface area contributed by atoms with E-state index in [0.717, 1.165) is 49.2 Å². The van der Waals surface area contributed by atoms with Gasteiger partial charge in [-0.25, -0.2) is 0 Å². The van der Waals surface area contributed by atoms with E-state index in [-0.39, 0.29) is 30.3 Å². The van der Waals surface area contributed by atoms with Crippen LogP contribution in [-0.2, 0) is 11.2 Å². The number of hydrogen-bond donors (Lipinski definition) is 1. The van der Waals surface area contributed by atoms with Crippen molar-refractivity contribution in [2.75, 3.05) is 24.5 Å². The number of likely N-dealkylation sites (tertiary alicyclic amines) is 1. The predicted molar refractivity (Wildman–Crippen MR) is 97.7 cm³/mol. The van der Waals surface area contributed by atoms with Gasteiger partial charge in [0.05, 0.1) is 0 Å². The van der Waals surface area contributed by atoms with Gasteiger partial charge in [0.15, 0.2) is 0 Å². The number of piperidine rings is 1.